The van der Waals surface area contributed by atoms with Crippen molar-refractivity contribution < 1.29 is 0 Å². The summed E-state index contributed by atoms with van der Waals surface area (Å²) >= 11 is 0. The van der Waals surface area contributed by atoms with E-state index in [1.165, 1.54) is 6.42 Å². The molecule has 0 saturated carbocycles. The number of hydrogen-bond acceptors (Lipinski definition) is 5. The first kappa shape index (κ1) is 16.2. The van der Waals surface area contributed by atoms with Gasteiger partial charge in [0, 0.05) is 37.8 Å². The first-order valence-electron chi connectivity index (χ1n) is 7.90. The van der Waals surface area contributed by atoms with Crippen LogP contribution >= 0.6 is 0 Å². The number of hydrogen-bond donors (Lipinski definition) is 1. The van der Waals surface area contributed by atoms with Gasteiger partial charge in [0.2, 0.25) is 0 Å². The minimum atomic E-state index is 0.103. The Morgan fingerprint density at radius 1 is 1.24 bits per heavy atom. The first-order valence-corrected chi connectivity index (χ1v) is 7.90. The molecule has 2 heterocycles. The maximum atomic E-state index is 4.60. The van der Waals surface area contributed by atoms with Crippen LogP contribution in [-0.2, 0) is 6.54 Å². The van der Waals surface area contributed by atoms with E-state index in [1.54, 1.807) is 0 Å². The zero-order valence-electron chi connectivity index (χ0n) is 14.1. The highest BCUT2D eigenvalue weighted by atomic mass is 15.3. The van der Waals surface area contributed by atoms with E-state index in [2.05, 4.69) is 59.8 Å². The zero-order valence-corrected chi connectivity index (χ0v) is 14.1. The summed E-state index contributed by atoms with van der Waals surface area (Å²) in [5.74, 6) is 1.00. The molecule has 1 saturated heterocycles. The number of nitrogens with zero attached hydrogens (tertiary/aromatic N) is 4. The van der Waals surface area contributed by atoms with Crippen LogP contribution in [0.2, 0.25) is 0 Å². The molecule has 5 nitrogen and oxygen atoms in total. The molecule has 0 amide bonds. The number of rotatable bonds is 4. The van der Waals surface area contributed by atoms with Gasteiger partial charge >= 0.3 is 0 Å². The highest BCUT2D eigenvalue weighted by Gasteiger charge is 2.23. The molecule has 0 aromatic carbocycles. The third-order valence-corrected chi connectivity index (χ3v) is 4.06. The fraction of sp³-hybridized carbons (Fsp3) is 0.750. The van der Waals surface area contributed by atoms with Crippen LogP contribution in [0.1, 0.15) is 39.8 Å². The summed E-state index contributed by atoms with van der Waals surface area (Å²) < 4.78 is 0. The highest BCUT2D eigenvalue weighted by Crippen LogP contribution is 2.17. The van der Waals surface area contributed by atoms with E-state index < -0.39 is 0 Å². The lowest BCUT2D eigenvalue weighted by Gasteiger charge is -2.39. The Morgan fingerprint density at radius 2 is 2.00 bits per heavy atom. The summed E-state index contributed by atoms with van der Waals surface area (Å²) in [6, 6.07) is 0.614. The van der Waals surface area contributed by atoms with Gasteiger partial charge in [-0.05, 0) is 34.2 Å². The minimum Gasteiger partial charge on any atom is -0.352 e. The van der Waals surface area contributed by atoms with E-state index in [9.17, 15) is 0 Å². The maximum Gasteiger partial charge on any atom is 0.147 e. The quantitative estimate of drug-likeness (QED) is 0.918. The van der Waals surface area contributed by atoms with Crippen LogP contribution in [0.4, 0.5) is 5.82 Å². The Morgan fingerprint density at radius 3 is 2.57 bits per heavy atom. The number of anilines is 1. The maximum absolute atomic E-state index is 4.60. The van der Waals surface area contributed by atoms with Gasteiger partial charge < -0.3 is 10.2 Å². The molecule has 1 aliphatic heterocycles. The van der Waals surface area contributed by atoms with Gasteiger partial charge in [0.05, 0.1) is 18.1 Å². The van der Waals surface area contributed by atoms with E-state index >= 15 is 0 Å². The molecule has 2 rings (SSSR count). The predicted octanol–water partition coefficient (Wildman–Crippen LogP) is 1.90. The molecule has 1 fully saturated rings. The molecule has 1 unspecified atom stereocenters. The second-order valence-electron chi connectivity index (χ2n) is 6.96. The van der Waals surface area contributed by atoms with Crippen molar-refractivity contribution in [2.24, 2.45) is 0 Å². The van der Waals surface area contributed by atoms with Gasteiger partial charge in [-0.2, -0.15) is 0 Å². The average molecular weight is 291 g/mol. The Bertz CT molecular complexity index is 437. The van der Waals surface area contributed by atoms with Gasteiger partial charge in [-0.1, -0.05) is 6.92 Å². The van der Waals surface area contributed by atoms with Crippen LogP contribution in [0.5, 0.6) is 0 Å². The highest BCUT2D eigenvalue weighted by molar-refractivity contribution is 5.37. The van der Waals surface area contributed by atoms with E-state index in [-0.39, 0.29) is 5.54 Å². The summed E-state index contributed by atoms with van der Waals surface area (Å²) in [6.07, 6.45) is 4.99. The lowest BCUT2D eigenvalue weighted by molar-refractivity contribution is 0.213. The van der Waals surface area contributed by atoms with Crippen molar-refractivity contribution in [3.8, 4) is 0 Å². The van der Waals surface area contributed by atoms with Crippen molar-refractivity contribution in [2.45, 2.75) is 52.2 Å². The Labute approximate surface area is 128 Å². The van der Waals surface area contributed by atoms with Gasteiger partial charge in [-0.15, -0.1) is 0 Å². The molecule has 0 radical (unpaired) electrons. The molecule has 118 valence electrons. The smallest absolute Gasteiger partial charge is 0.147 e. The lowest BCUT2D eigenvalue weighted by atomic mass is 10.1. The molecule has 1 atom stereocenters. The van der Waals surface area contributed by atoms with E-state index in [0.717, 1.165) is 37.7 Å². The Hall–Kier alpha value is -1.20. The molecular weight excluding hydrogens is 262 g/mol. The molecular formula is C16H29N5. The molecule has 1 N–H and O–H groups in total. The van der Waals surface area contributed by atoms with Crippen LogP contribution < -0.4 is 10.2 Å². The minimum absolute atomic E-state index is 0.103. The van der Waals surface area contributed by atoms with E-state index in [1.807, 2.05) is 12.4 Å². The summed E-state index contributed by atoms with van der Waals surface area (Å²) in [4.78, 5) is 13.9. The molecule has 0 spiro atoms. The molecule has 0 aliphatic carbocycles. The van der Waals surface area contributed by atoms with Crippen LogP contribution in [0, 0.1) is 0 Å². The van der Waals surface area contributed by atoms with E-state index in [0.29, 0.717) is 6.04 Å². The molecule has 1 aliphatic rings. The van der Waals surface area contributed by atoms with Gasteiger partial charge in [0.25, 0.3) is 0 Å². The number of nitrogens with one attached hydrogen (secondary N) is 1. The molecule has 1 aromatic heterocycles. The normalized spacial score (nSPS) is 20.8. The lowest BCUT2D eigenvalue weighted by Crippen LogP contribution is -2.51. The van der Waals surface area contributed by atoms with Crippen molar-refractivity contribution in [3.05, 3.63) is 18.1 Å². The summed E-state index contributed by atoms with van der Waals surface area (Å²) in [6.45, 7) is 12.6. The summed E-state index contributed by atoms with van der Waals surface area (Å²) in [7, 11) is 2.21. The number of piperazine rings is 1. The van der Waals surface area contributed by atoms with Crippen molar-refractivity contribution in [2.75, 3.05) is 31.6 Å². The molecule has 1 aromatic rings. The van der Waals surface area contributed by atoms with Gasteiger partial charge in [-0.3, -0.25) is 9.88 Å². The topological polar surface area (TPSA) is 44.3 Å². The Balaban J connectivity index is 1.96. The SMILES string of the molecule is CCC1CN(c2cnc(CNC(C)(C)C)cn2)CCN1C. The monoisotopic (exact) mass is 291 g/mol. The van der Waals surface area contributed by atoms with E-state index in [4.69, 9.17) is 0 Å². The second-order valence-corrected chi connectivity index (χ2v) is 6.96. The van der Waals surface area contributed by atoms with Crippen molar-refractivity contribution in [1.29, 1.82) is 0 Å². The largest absolute Gasteiger partial charge is 0.352 e. The third kappa shape index (κ3) is 4.64. The van der Waals surface area contributed by atoms with Gasteiger partial charge in [0.15, 0.2) is 0 Å². The zero-order chi connectivity index (χ0) is 15.5. The predicted molar refractivity (Wildman–Crippen MR) is 87.5 cm³/mol. The van der Waals surface area contributed by atoms with Gasteiger partial charge in [0.1, 0.15) is 5.82 Å². The van der Waals surface area contributed by atoms with Gasteiger partial charge in [-0.25, -0.2) is 4.98 Å². The summed E-state index contributed by atoms with van der Waals surface area (Å²) in [5, 5.41) is 3.44. The molecule has 0 bridgehead atoms. The third-order valence-electron chi connectivity index (χ3n) is 4.06. The molecule has 21 heavy (non-hydrogen) atoms. The van der Waals surface area contributed by atoms with Crippen LogP contribution in [0.25, 0.3) is 0 Å². The van der Waals surface area contributed by atoms with Crippen molar-refractivity contribution in [3.63, 3.8) is 0 Å². The standard InChI is InChI=1S/C16H29N5/c1-6-14-12-21(8-7-20(14)5)15-11-17-13(9-18-15)10-19-16(2,3)4/h9,11,14,19H,6-8,10,12H2,1-5H3. The fourth-order valence-electron chi connectivity index (χ4n) is 2.55. The van der Waals surface area contributed by atoms with Crippen LogP contribution in [-0.4, -0.2) is 53.1 Å². The molecule has 5 heteroatoms. The van der Waals surface area contributed by atoms with Crippen molar-refractivity contribution >= 4 is 5.82 Å². The van der Waals surface area contributed by atoms with Crippen molar-refractivity contribution in [1.82, 2.24) is 20.2 Å². The van der Waals surface area contributed by atoms with Crippen LogP contribution in [0.15, 0.2) is 12.4 Å². The summed E-state index contributed by atoms with van der Waals surface area (Å²) in [5.41, 5.74) is 1.10. The average Bonchev–Trinajstić information content (AvgIpc) is 2.45. The number of aromatic nitrogens is 2. The second kappa shape index (κ2) is 6.71. The number of likely N-dealkylation sites (N-methyl/N-ethyl adjacent to an activating group) is 1. The first-order chi connectivity index (χ1) is 9.89. The Kier molecular flexibility index (Phi) is 5.17. The van der Waals surface area contributed by atoms with Crippen LogP contribution in [0.3, 0.4) is 0 Å². The fourth-order valence-corrected chi connectivity index (χ4v) is 2.55.